The zero-order chi connectivity index (χ0) is 13.8. The normalized spacial score (nSPS) is 12.4. The van der Waals surface area contributed by atoms with Crippen molar-refractivity contribution < 1.29 is 19.8 Å². The number of aromatic amines is 1. The molecule has 0 amide bonds. The Morgan fingerprint density at radius 1 is 1.32 bits per heavy atom. The molecular weight excluding hydrogens is 268 g/mol. The number of nitrogens with one attached hydrogen (secondary N) is 1. The Morgan fingerprint density at radius 3 is 2.68 bits per heavy atom. The summed E-state index contributed by atoms with van der Waals surface area (Å²) >= 11 is 1.21. The molecule has 0 aliphatic rings. The van der Waals surface area contributed by atoms with Gasteiger partial charge in [0.2, 0.25) is 0 Å². The number of nitrogens with zero attached hydrogens (tertiary/aromatic N) is 1. The summed E-state index contributed by atoms with van der Waals surface area (Å²) in [5.41, 5.74) is 1.67. The molecule has 1 aromatic carbocycles. The van der Waals surface area contributed by atoms with Crippen LogP contribution in [-0.2, 0) is 9.59 Å². The van der Waals surface area contributed by atoms with Crippen LogP contribution in [0.15, 0.2) is 29.4 Å². The second kappa shape index (κ2) is 5.75. The van der Waals surface area contributed by atoms with E-state index in [1.165, 1.54) is 11.8 Å². The average Bonchev–Trinajstić information content (AvgIpc) is 2.76. The number of carbonyl (C=O) groups is 2. The Bertz CT molecular complexity index is 578. The van der Waals surface area contributed by atoms with Gasteiger partial charge in [-0.1, -0.05) is 23.9 Å². The zero-order valence-electron chi connectivity index (χ0n) is 9.87. The highest BCUT2D eigenvalue weighted by Gasteiger charge is 2.21. The predicted octanol–water partition coefficient (Wildman–Crippen LogP) is 1.83. The number of thioether (sulfide) groups is 1. The molecular formula is C12H12N2O4S. The molecule has 6 nitrogen and oxygen atoms in total. The van der Waals surface area contributed by atoms with Gasteiger partial charge in [0.15, 0.2) is 5.16 Å². The van der Waals surface area contributed by atoms with Crippen LogP contribution in [-0.4, -0.2) is 37.9 Å². The van der Waals surface area contributed by atoms with E-state index in [9.17, 15) is 9.59 Å². The maximum atomic E-state index is 10.9. The van der Waals surface area contributed by atoms with Crippen LogP contribution in [0, 0.1) is 5.92 Å². The molecule has 0 fully saturated rings. The number of aliphatic carboxylic acids is 2. The smallest absolute Gasteiger partial charge is 0.307 e. The van der Waals surface area contributed by atoms with Crippen molar-refractivity contribution in [1.29, 1.82) is 0 Å². The molecule has 7 heteroatoms. The van der Waals surface area contributed by atoms with Crippen molar-refractivity contribution in [3.8, 4) is 0 Å². The molecule has 19 heavy (non-hydrogen) atoms. The Balaban J connectivity index is 2.03. The zero-order valence-corrected chi connectivity index (χ0v) is 10.7. The van der Waals surface area contributed by atoms with Gasteiger partial charge in [0.05, 0.1) is 23.4 Å². The predicted molar refractivity (Wildman–Crippen MR) is 70.2 cm³/mol. The standard InChI is InChI=1S/C12H12N2O4S/c15-10(16)5-7(11(17)18)6-19-12-13-8-3-1-2-4-9(8)14-12/h1-4,7H,5-6H2,(H,13,14)(H,15,16)(H,17,18). The van der Waals surface area contributed by atoms with Crippen molar-refractivity contribution in [3.05, 3.63) is 24.3 Å². The maximum absolute atomic E-state index is 10.9. The summed E-state index contributed by atoms with van der Waals surface area (Å²) in [6.45, 7) is 0. The number of H-pyrrole nitrogens is 1. The van der Waals surface area contributed by atoms with Gasteiger partial charge in [-0.05, 0) is 12.1 Å². The lowest BCUT2D eigenvalue weighted by Crippen LogP contribution is -2.20. The summed E-state index contributed by atoms with van der Waals surface area (Å²) in [5, 5.41) is 18.2. The number of hydrogen-bond acceptors (Lipinski definition) is 4. The summed E-state index contributed by atoms with van der Waals surface area (Å²) in [5.74, 6) is -2.97. The first-order valence-corrected chi connectivity index (χ1v) is 6.57. The minimum atomic E-state index is -1.11. The van der Waals surface area contributed by atoms with Gasteiger partial charge in [0, 0.05) is 5.75 Å². The van der Waals surface area contributed by atoms with E-state index in [1.807, 2.05) is 24.3 Å². The lowest BCUT2D eigenvalue weighted by molar-refractivity contribution is -0.147. The van der Waals surface area contributed by atoms with Crippen LogP contribution < -0.4 is 0 Å². The fourth-order valence-corrected chi connectivity index (χ4v) is 2.57. The second-order valence-electron chi connectivity index (χ2n) is 4.00. The van der Waals surface area contributed by atoms with E-state index in [2.05, 4.69) is 9.97 Å². The van der Waals surface area contributed by atoms with Crippen molar-refractivity contribution in [3.63, 3.8) is 0 Å². The monoisotopic (exact) mass is 280 g/mol. The fourth-order valence-electron chi connectivity index (χ4n) is 1.61. The molecule has 0 aliphatic heterocycles. The van der Waals surface area contributed by atoms with E-state index in [-0.39, 0.29) is 12.2 Å². The van der Waals surface area contributed by atoms with Crippen LogP contribution in [0.1, 0.15) is 6.42 Å². The molecule has 1 aromatic heterocycles. The second-order valence-corrected chi connectivity index (χ2v) is 5.01. The van der Waals surface area contributed by atoms with Crippen molar-refractivity contribution in [2.45, 2.75) is 11.6 Å². The Labute approximate surface area is 112 Å². The molecule has 2 aromatic rings. The van der Waals surface area contributed by atoms with Gasteiger partial charge in [-0.3, -0.25) is 9.59 Å². The Kier molecular flexibility index (Phi) is 4.06. The van der Waals surface area contributed by atoms with Crippen LogP contribution in [0.4, 0.5) is 0 Å². The van der Waals surface area contributed by atoms with Gasteiger partial charge in [-0.25, -0.2) is 4.98 Å². The van der Waals surface area contributed by atoms with Crippen molar-refractivity contribution in [2.75, 3.05) is 5.75 Å². The van der Waals surface area contributed by atoms with E-state index in [1.54, 1.807) is 0 Å². The number of imidazole rings is 1. The highest BCUT2D eigenvalue weighted by Crippen LogP contribution is 2.22. The number of carboxylic acid groups (broad SMARTS) is 2. The van der Waals surface area contributed by atoms with Crippen LogP contribution in [0.2, 0.25) is 0 Å². The molecule has 100 valence electrons. The van der Waals surface area contributed by atoms with Crippen molar-refractivity contribution in [2.24, 2.45) is 5.92 Å². The number of para-hydroxylation sites is 2. The Morgan fingerprint density at radius 2 is 2.05 bits per heavy atom. The van der Waals surface area contributed by atoms with E-state index in [0.29, 0.717) is 5.16 Å². The largest absolute Gasteiger partial charge is 0.481 e. The van der Waals surface area contributed by atoms with E-state index < -0.39 is 17.9 Å². The molecule has 0 aliphatic carbocycles. The van der Waals surface area contributed by atoms with Crippen LogP contribution in [0.5, 0.6) is 0 Å². The summed E-state index contributed by atoms with van der Waals surface area (Å²) in [4.78, 5) is 28.8. The van der Waals surface area contributed by atoms with Gasteiger partial charge >= 0.3 is 11.9 Å². The molecule has 0 saturated heterocycles. The number of fused-ring (bicyclic) bond motifs is 1. The van der Waals surface area contributed by atoms with E-state index in [0.717, 1.165) is 11.0 Å². The Hall–Kier alpha value is -2.02. The first-order valence-electron chi connectivity index (χ1n) is 5.58. The molecule has 0 saturated carbocycles. The molecule has 3 N–H and O–H groups in total. The van der Waals surface area contributed by atoms with E-state index >= 15 is 0 Å². The van der Waals surface area contributed by atoms with Gasteiger partial charge in [-0.15, -0.1) is 0 Å². The van der Waals surface area contributed by atoms with Crippen molar-refractivity contribution >= 4 is 34.7 Å². The summed E-state index contributed by atoms with van der Waals surface area (Å²) in [7, 11) is 0. The third-order valence-electron chi connectivity index (χ3n) is 2.56. The van der Waals surface area contributed by atoms with Gasteiger partial charge in [0.25, 0.3) is 0 Å². The lowest BCUT2D eigenvalue weighted by Gasteiger charge is -2.07. The highest BCUT2D eigenvalue weighted by atomic mass is 32.2. The molecule has 0 spiro atoms. The quantitative estimate of drug-likeness (QED) is 0.697. The number of aromatic nitrogens is 2. The van der Waals surface area contributed by atoms with Crippen LogP contribution in [0.3, 0.4) is 0 Å². The average molecular weight is 280 g/mol. The first-order chi connectivity index (χ1) is 9.06. The minimum Gasteiger partial charge on any atom is -0.481 e. The van der Waals surface area contributed by atoms with Gasteiger partial charge < -0.3 is 15.2 Å². The van der Waals surface area contributed by atoms with Crippen LogP contribution in [0.25, 0.3) is 11.0 Å². The fraction of sp³-hybridized carbons (Fsp3) is 0.250. The topological polar surface area (TPSA) is 103 Å². The summed E-state index contributed by atoms with van der Waals surface area (Å²) in [6, 6.07) is 7.46. The first kappa shape index (κ1) is 13.4. The molecule has 0 bridgehead atoms. The molecule has 1 heterocycles. The number of carboxylic acids is 2. The molecule has 1 atom stereocenters. The van der Waals surface area contributed by atoms with E-state index in [4.69, 9.17) is 10.2 Å². The highest BCUT2D eigenvalue weighted by molar-refractivity contribution is 7.99. The number of rotatable bonds is 6. The minimum absolute atomic E-state index is 0.168. The SMILES string of the molecule is O=C(O)CC(CSc1nc2ccccc2[nH]1)C(=O)O. The molecule has 1 unspecified atom stereocenters. The van der Waals surface area contributed by atoms with Crippen molar-refractivity contribution in [1.82, 2.24) is 9.97 Å². The van der Waals surface area contributed by atoms with Crippen LogP contribution >= 0.6 is 11.8 Å². The third kappa shape index (κ3) is 3.47. The molecule has 2 rings (SSSR count). The number of hydrogen-bond donors (Lipinski definition) is 3. The summed E-state index contributed by atoms with van der Waals surface area (Å²) < 4.78 is 0. The van der Waals surface area contributed by atoms with Gasteiger partial charge in [-0.2, -0.15) is 0 Å². The van der Waals surface area contributed by atoms with Gasteiger partial charge in [0.1, 0.15) is 0 Å². The number of benzene rings is 1. The maximum Gasteiger partial charge on any atom is 0.307 e. The third-order valence-corrected chi connectivity index (χ3v) is 3.59. The lowest BCUT2D eigenvalue weighted by atomic mass is 10.1. The summed E-state index contributed by atoms with van der Waals surface area (Å²) in [6.07, 6.45) is -0.386. The molecule has 0 radical (unpaired) electrons.